The average Bonchev–Trinajstić information content (AvgIpc) is 2.93. The van der Waals surface area contributed by atoms with Crippen molar-refractivity contribution in [3.8, 4) is 10.8 Å². The van der Waals surface area contributed by atoms with Crippen molar-refractivity contribution in [2.24, 2.45) is 0 Å². The topological polar surface area (TPSA) is 51.0 Å². The number of furan rings is 1. The summed E-state index contributed by atoms with van der Waals surface area (Å²) in [6.07, 6.45) is 2.06. The molecule has 0 spiro atoms. The Morgan fingerprint density at radius 1 is 1.33 bits per heavy atom. The molecule has 18 heavy (non-hydrogen) atoms. The van der Waals surface area contributed by atoms with E-state index in [-0.39, 0.29) is 0 Å². The molecule has 2 aromatic heterocycles. The van der Waals surface area contributed by atoms with Gasteiger partial charge in [-0.2, -0.15) is 0 Å². The second-order valence-corrected chi connectivity index (χ2v) is 5.69. The predicted octanol–water partition coefficient (Wildman–Crippen LogP) is 3.04. The van der Waals surface area contributed by atoms with Crippen molar-refractivity contribution in [1.82, 2.24) is 15.5 Å². The molecule has 0 aromatic carbocycles. The van der Waals surface area contributed by atoms with Gasteiger partial charge in [-0.15, -0.1) is 10.2 Å². The van der Waals surface area contributed by atoms with Gasteiger partial charge in [-0.3, -0.25) is 0 Å². The summed E-state index contributed by atoms with van der Waals surface area (Å²) in [6.45, 7) is 7.26. The molecule has 98 valence electrons. The molecule has 0 atom stereocenters. The van der Waals surface area contributed by atoms with Gasteiger partial charge in [-0.05, 0) is 32.0 Å². The van der Waals surface area contributed by atoms with E-state index in [1.807, 2.05) is 19.1 Å². The summed E-state index contributed by atoms with van der Waals surface area (Å²) in [5.41, 5.74) is 0. The number of aryl methyl sites for hydroxylation is 2. The molecule has 4 nitrogen and oxygen atoms in total. The summed E-state index contributed by atoms with van der Waals surface area (Å²) in [6, 6.07) is 4.43. The molecule has 1 N–H and O–H groups in total. The van der Waals surface area contributed by atoms with Crippen molar-refractivity contribution in [2.75, 3.05) is 6.54 Å². The largest absolute Gasteiger partial charge is 0.459 e. The maximum atomic E-state index is 5.54. The van der Waals surface area contributed by atoms with E-state index < -0.39 is 0 Å². The zero-order chi connectivity index (χ0) is 13.0. The molecule has 2 rings (SSSR count). The summed E-state index contributed by atoms with van der Waals surface area (Å²) >= 11 is 1.61. The van der Waals surface area contributed by atoms with Crippen molar-refractivity contribution in [1.29, 1.82) is 0 Å². The zero-order valence-electron chi connectivity index (χ0n) is 11.1. The Labute approximate surface area is 111 Å². The van der Waals surface area contributed by atoms with Crippen LogP contribution in [0.2, 0.25) is 0 Å². The Morgan fingerprint density at radius 3 is 2.83 bits per heavy atom. The van der Waals surface area contributed by atoms with Crippen LogP contribution < -0.4 is 5.32 Å². The van der Waals surface area contributed by atoms with E-state index in [2.05, 4.69) is 29.4 Å². The minimum absolute atomic E-state index is 0.543. The molecule has 0 fully saturated rings. The van der Waals surface area contributed by atoms with Crippen LogP contribution in [0.1, 0.15) is 31.0 Å². The van der Waals surface area contributed by atoms with Crippen molar-refractivity contribution in [3.63, 3.8) is 0 Å². The molecular weight excluding hydrogens is 246 g/mol. The smallest absolute Gasteiger partial charge is 0.183 e. The number of rotatable bonds is 6. The van der Waals surface area contributed by atoms with Gasteiger partial charge >= 0.3 is 0 Å². The van der Waals surface area contributed by atoms with Crippen molar-refractivity contribution >= 4 is 11.3 Å². The van der Waals surface area contributed by atoms with E-state index in [1.165, 1.54) is 0 Å². The number of nitrogens with zero attached hydrogens (tertiary/aromatic N) is 2. The maximum absolute atomic E-state index is 5.54. The second kappa shape index (κ2) is 6.11. The van der Waals surface area contributed by atoms with Crippen molar-refractivity contribution < 1.29 is 4.42 Å². The van der Waals surface area contributed by atoms with Gasteiger partial charge in [0.2, 0.25) is 0 Å². The number of hydrogen-bond donors (Lipinski definition) is 1. The Kier molecular flexibility index (Phi) is 4.49. The van der Waals surface area contributed by atoms with E-state index in [0.29, 0.717) is 6.04 Å². The fraction of sp³-hybridized carbons (Fsp3) is 0.538. The third kappa shape index (κ3) is 3.65. The van der Waals surface area contributed by atoms with Gasteiger partial charge in [-0.25, -0.2) is 0 Å². The van der Waals surface area contributed by atoms with Gasteiger partial charge in [-0.1, -0.05) is 25.2 Å². The van der Waals surface area contributed by atoms with Gasteiger partial charge in [0.05, 0.1) is 0 Å². The summed E-state index contributed by atoms with van der Waals surface area (Å²) in [4.78, 5) is 0. The number of nitrogens with one attached hydrogen (secondary N) is 1. The lowest BCUT2D eigenvalue weighted by Gasteiger charge is -2.05. The number of hydrogen-bond acceptors (Lipinski definition) is 5. The highest BCUT2D eigenvalue weighted by Crippen LogP contribution is 2.25. The molecular formula is C13H19N3OS. The van der Waals surface area contributed by atoms with Gasteiger partial charge in [0.15, 0.2) is 10.8 Å². The first kappa shape index (κ1) is 13.2. The van der Waals surface area contributed by atoms with Crippen LogP contribution in [0.3, 0.4) is 0 Å². The third-order valence-electron chi connectivity index (χ3n) is 2.54. The van der Waals surface area contributed by atoms with Crippen LogP contribution in [0, 0.1) is 6.92 Å². The summed E-state index contributed by atoms with van der Waals surface area (Å²) in [7, 11) is 0. The lowest BCUT2D eigenvalue weighted by molar-refractivity contribution is 0.547. The maximum Gasteiger partial charge on any atom is 0.183 e. The molecule has 0 saturated heterocycles. The minimum atomic E-state index is 0.543. The molecule has 2 aromatic rings. The Balaban J connectivity index is 1.86. The Bertz CT molecular complexity index is 490. The standard InChI is InChI=1S/C13H19N3OS/c1-9(2)14-8-4-5-12-15-16-13(18-12)11-7-6-10(3)17-11/h6-7,9,14H,4-5,8H2,1-3H3. The summed E-state index contributed by atoms with van der Waals surface area (Å²) < 4.78 is 5.54. The number of aromatic nitrogens is 2. The van der Waals surface area contributed by atoms with Crippen LogP contribution in [-0.2, 0) is 6.42 Å². The second-order valence-electron chi connectivity index (χ2n) is 4.62. The van der Waals surface area contributed by atoms with Crippen LogP contribution in [-0.4, -0.2) is 22.8 Å². The minimum Gasteiger partial charge on any atom is -0.459 e. The monoisotopic (exact) mass is 265 g/mol. The molecule has 2 heterocycles. The van der Waals surface area contributed by atoms with Gasteiger partial charge in [0.1, 0.15) is 10.8 Å². The Hall–Kier alpha value is -1.20. The van der Waals surface area contributed by atoms with Crippen LogP contribution in [0.25, 0.3) is 10.8 Å². The highest BCUT2D eigenvalue weighted by molar-refractivity contribution is 7.14. The fourth-order valence-corrected chi connectivity index (χ4v) is 2.48. The molecule has 0 radical (unpaired) electrons. The quantitative estimate of drug-likeness (QED) is 0.816. The van der Waals surface area contributed by atoms with Crippen molar-refractivity contribution in [3.05, 3.63) is 22.9 Å². The molecule has 5 heteroatoms. The molecule has 0 saturated carbocycles. The van der Waals surface area contributed by atoms with E-state index in [9.17, 15) is 0 Å². The third-order valence-corrected chi connectivity index (χ3v) is 3.54. The SMILES string of the molecule is Cc1ccc(-c2nnc(CCCNC(C)C)s2)o1. The molecule has 0 aliphatic heterocycles. The van der Waals surface area contributed by atoms with E-state index >= 15 is 0 Å². The molecule has 0 unspecified atom stereocenters. The normalized spacial score (nSPS) is 11.3. The van der Waals surface area contributed by atoms with Gasteiger partial charge in [0.25, 0.3) is 0 Å². The first-order valence-corrected chi connectivity index (χ1v) is 7.09. The molecule has 0 aliphatic carbocycles. The molecule has 0 amide bonds. The van der Waals surface area contributed by atoms with Gasteiger partial charge in [0, 0.05) is 12.5 Å². The van der Waals surface area contributed by atoms with Crippen LogP contribution in [0.4, 0.5) is 0 Å². The van der Waals surface area contributed by atoms with Crippen molar-refractivity contribution in [2.45, 2.75) is 39.7 Å². The molecule has 0 aliphatic rings. The molecule has 0 bridgehead atoms. The van der Waals surface area contributed by atoms with Crippen LogP contribution in [0.5, 0.6) is 0 Å². The fourth-order valence-electron chi connectivity index (χ4n) is 1.63. The Morgan fingerprint density at radius 2 is 2.17 bits per heavy atom. The van der Waals surface area contributed by atoms with Crippen LogP contribution in [0.15, 0.2) is 16.5 Å². The highest BCUT2D eigenvalue weighted by Gasteiger charge is 2.09. The van der Waals surface area contributed by atoms with Gasteiger partial charge < -0.3 is 9.73 Å². The van der Waals surface area contributed by atoms with E-state index in [0.717, 1.165) is 40.9 Å². The van der Waals surface area contributed by atoms with Crippen LogP contribution >= 0.6 is 11.3 Å². The predicted molar refractivity (Wildman–Crippen MR) is 73.8 cm³/mol. The summed E-state index contributed by atoms with van der Waals surface area (Å²) in [5, 5.41) is 13.7. The highest BCUT2D eigenvalue weighted by atomic mass is 32.1. The van der Waals surface area contributed by atoms with E-state index in [4.69, 9.17) is 4.42 Å². The zero-order valence-corrected chi connectivity index (χ0v) is 11.9. The first-order valence-electron chi connectivity index (χ1n) is 6.27. The lowest BCUT2D eigenvalue weighted by atomic mass is 10.3. The first-order chi connectivity index (χ1) is 8.65. The lowest BCUT2D eigenvalue weighted by Crippen LogP contribution is -2.23. The van der Waals surface area contributed by atoms with E-state index in [1.54, 1.807) is 11.3 Å². The average molecular weight is 265 g/mol. The summed E-state index contributed by atoms with van der Waals surface area (Å²) in [5.74, 6) is 1.72.